The van der Waals surface area contributed by atoms with E-state index in [1.165, 1.54) is 5.56 Å². The Kier molecular flexibility index (Phi) is 6.75. The highest BCUT2D eigenvalue weighted by Crippen LogP contribution is 2.19. The van der Waals surface area contributed by atoms with Crippen molar-refractivity contribution in [3.8, 4) is 11.5 Å². The first-order valence-electron chi connectivity index (χ1n) is 10.9. The van der Waals surface area contributed by atoms with Gasteiger partial charge in [0.05, 0.1) is 12.8 Å². The second-order valence-electron chi connectivity index (χ2n) is 8.14. The summed E-state index contributed by atoms with van der Waals surface area (Å²) in [7, 11) is 3.59. The average Bonchev–Trinajstić information content (AvgIpc) is 3.14. The molecule has 0 N–H and O–H groups in total. The fraction of sp³-hybridized carbons (Fsp3) is 0.360. The molecule has 1 aliphatic rings. The molecule has 0 atom stereocenters. The van der Waals surface area contributed by atoms with E-state index in [0.717, 1.165) is 61.0 Å². The van der Waals surface area contributed by atoms with Crippen molar-refractivity contribution in [2.75, 3.05) is 33.3 Å². The number of piperazine rings is 1. The van der Waals surface area contributed by atoms with Crippen molar-refractivity contribution >= 4 is 5.91 Å². The summed E-state index contributed by atoms with van der Waals surface area (Å²) in [4.78, 5) is 17.2. The van der Waals surface area contributed by atoms with Crippen LogP contribution in [0.15, 0.2) is 54.7 Å². The summed E-state index contributed by atoms with van der Waals surface area (Å²) in [5.74, 6) is 1.67. The van der Waals surface area contributed by atoms with Gasteiger partial charge in [0.15, 0.2) is 0 Å². The Morgan fingerprint density at radius 1 is 0.969 bits per heavy atom. The van der Waals surface area contributed by atoms with E-state index in [1.807, 2.05) is 72.1 Å². The zero-order valence-corrected chi connectivity index (χ0v) is 19.0. The highest BCUT2D eigenvalue weighted by Gasteiger charge is 2.22. The van der Waals surface area contributed by atoms with E-state index in [-0.39, 0.29) is 5.91 Å². The van der Waals surface area contributed by atoms with E-state index >= 15 is 0 Å². The quantitative estimate of drug-likeness (QED) is 0.571. The Labute approximate surface area is 189 Å². The van der Waals surface area contributed by atoms with Gasteiger partial charge in [-0.1, -0.05) is 12.1 Å². The third-order valence-electron chi connectivity index (χ3n) is 5.83. The second-order valence-corrected chi connectivity index (χ2v) is 8.14. The van der Waals surface area contributed by atoms with Gasteiger partial charge in [-0.15, -0.1) is 0 Å². The Balaban J connectivity index is 1.26. The summed E-state index contributed by atoms with van der Waals surface area (Å²) in [5.41, 5.74) is 4.06. The van der Waals surface area contributed by atoms with E-state index in [9.17, 15) is 4.79 Å². The van der Waals surface area contributed by atoms with Crippen LogP contribution in [0.2, 0.25) is 0 Å². The van der Waals surface area contributed by atoms with Crippen molar-refractivity contribution in [1.82, 2.24) is 19.6 Å². The molecule has 2 aromatic carbocycles. The minimum atomic E-state index is 0.0878. The number of methoxy groups -OCH3 is 1. The van der Waals surface area contributed by atoms with Crippen LogP contribution in [0.5, 0.6) is 11.5 Å². The Morgan fingerprint density at radius 3 is 2.22 bits per heavy atom. The van der Waals surface area contributed by atoms with Crippen LogP contribution in [0.3, 0.4) is 0 Å². The Bertz CT molecular complexity index is 1040. The monoisotopic (exact) mass is 434 g/mol. The molecule has 7 nitrogen and oxygen atoms in total. The number of hydrogen-bond donors (Lipinski definition) is 0. The Hall–Kier alpha value is -3.32. The summed E-state index contributed by atoms with van der Waals surface area (Å²) in [6.45, 7) is 6.58. The standard InChI is InChI=1S/C25H30N4O3/c1-19-22(16-27(2)26-19)17-28-12-14-29(15-13-28)25(30)21-6-4-20(5-7-21)18-32-24-10-8-23(31-3)9-11-24/h4-11,16H,12-15,17-18H2,1-3H3. The number of aryl methyl sites for hydroxylation is 2. The first-order valence-corrected chi connectivity index (χ1v) is 10.9. The van der Waals surface area contributed by atoms with Gasteiger partial charge in [0.25, 0.3) is 5.91 Å². The Morgan fingerprint density at radius 2 is 1.62 bits per heavy atom. The molecule has 0 spiro atoms. The van der Waals surface area contributed by atoms with E-state index < -0.39 is 0 Å². The summed E-state index contributed by atoms with van der Waals surface area (Å²) >= 11 is 0. The van der Waals surface area contributed by atoms with Gasteiger partial charge in [0.2, 0.25) is 0 Å². The molecule has 1 aromatic heterocycles. The lowest BCUT2D eigenvalue weighted by atomic mass is 10.1. The minimum absolute atomic E-state index is 0.0878. The highest BCUT2D eigenvalue weighted by atomic mass is 16.5. The predicted molar refractivity (Wildman–Crippen MR) is 123 cm³/mol. The van der Waals surface area contributed by atoms with Crippen LogP contribution in [-0.2, 0) is 20.2 Å². The van der Waals surface area contributed by atoms with Crippen molar-refractivity contribution in [2.45, 2.75) is 20.1 Å². The molecule has 3 aromatic rings. The van der Waals surface area contributed by atoms with Gasteiger partial charge in [-0.2, -0.15) is 5.10 Å². The molecule has 0 aliphatic carbocycles. The van der Waals surface area contributed by atoms with Gasteiger partial charge < -0.3 is 14.4 Å². The van der Waals surface area contributed by atoms with Gasteiger partial charge in [-0.3, -0.25) is 14.4 Å². The number of nitrogens with zero attached hydrogens (tertiary/aromatic N) is 4. The molecule has 32 heavy (non-hydrogen) atoms. The first-order chi connectivity index (χ1) is 15.5. The van der Waals surface area contributed by atoms with Crippen LogP contribution in [0.4, 0.5) is 0 Å². The molecule has 1 saturated heterocycles. The van der Waals surface area contributed by atoms with Crippen molar-refractivity contribution in [3.05, 3.63) is 77.1 Å². The van der Waals surface area contributed by atoms with Crippen molar-refractivity contribution in [3.63, 3.8) is 0 Å². The normalized spacial score (nSPS) is 14.4. The molecule has 1 aliphatic heterocycles. The van der Waals surface area contributed by atoms with E-state index in [1.54, 1.807) is 7.11 Å². The number of carbonyl (C=O) groups is 1. The van der Waals surface area contributed by atoms with E-state index in [4.69, 9.17) is 9.47 Å². The number of amides is 1. The number of benzene rings is 2. The molecule has 1 amide bonds. The minimum Gasteiger partial charge on any atom is -0.497 e. The molecule has 0 saturated carbocycles. The SMILES string of the molecule is COc1ccc(OCc2ccc(C(=O)N3CCN(Cc4cn(C)nc4C)CC3)cc2)cc1. The molecule has 7 heteroatoms. The third-order valence-corrected chi connectivity index (χ3v) is 5.83. The van der Waals surface area contributed by atoms with Crippen molar-refractivity contribution in [1.29, 1.82) is 0 Å². The number of hydrogen-bond acceptors (Lipinski definition) is 5. The van der Waals surface area contributed by atoms with E-state index in [2.05, 4.69) is 16.2 Å². The zero-order valence-electron chi connectivity index (χ0n) is 19.0. The number of rotatable bonds is 7. The summed E-state index contributed by atoms with van der Waals surface area (Å²) in [6.07, 6.45) is 2.08. The molecule has 0 unspecified atom stereocenters. The fourth-order valence-corrected chi connectivity index (χ4v) is 3.92. The average molecular weight is 435 g/mol. The van der Waals surface area contributed by atoms with Crippen LogP contribution in [0, 0.1) is 6.92 Å². The lowest BCUT2D eigenvalue weighted by Gasteiger charge is -2.34. The van der Waals surface area contributed by atoms with Crippen molar-refractivity contribution < 1.29 is 14.3 Å². The van der Waals surface area contributed by atoms with Gasteiger partial charge in [-0.25, -0.2) is 0 Å². The summed E-state index contributed by atoms with van der Waals surface area (Å²) < 4.78 is 12.8. The van der Waals surface area contributed by atoms with Gasteiger partial charge in [0.1, 0.15) is 18.1 Å². The summed E-state index contributed by atoms with van der Waals surface area (Å²) in [6, 6.07) is 15.2. The third kappa shape index (κ3) is 5.29. The number of aromatic nitrogens is 2. The van der Waals surface area contributed by atoms with Crippen LogP contribution < -0.4 is 9.47 Å². The maximum absolute atomic E-state index is 12.9. The molecule has 0 radical (unpaired) electrons. The van der Waals surface area contributed by atoms with E-state index in [0.29, 0.717) is 6.61 Å². The maximum Gasteiger partial charge on any atom is 0.253 e. The highest BCUT2D eigenvalue weighted by molar-refractivity contribution is 5.94. The maximum atomic E-state index is 12.9. The fourth-order valence-electron chi connectivity index (χ4n) is 3.92. The molecule has 1 fully saturated rings. The second kappa shape index (κ2) is 9.87. The van der Waals surface area contributed by atoms with Crippen LogP contribution in [0.25, 0.3) is 0 Å². The lowest BCUT2D eigenvalue weighted by molar-refractivity contribution is 0.0628. The van der Waals surface area contributed by atoms with Gasteiger partial charge >= 0.3 is 0 Å². The zero-order chi connectivity index (χ0) is 22.5. The molecular weight excluding hydrogens is 404 g/mol. The van der Waals surface area contributed by atoms with Gasteiger partial charge in [-0.05, 0) is 48.9 Å². The van der Waals surface area contributed by atoms with Crippen molar-refractivity contribution in [2.24, 2.45) is 7.05 Å². The molecule has 4 rings (SSSR count). The molecule has 0 bridgehead atoms. The molecule has 2 heterocycles. The molecule has 168 valence electrons. The lowest BCUT2D eigenvalue weighted by Crippen LogP contribution is -2.48. The predicted octanol–water partition coefficient (Wildman–Crippen LogP) is 3.27. The largest absolute Gasteiger partial charge is 0.497 e. The number of ether oxygens (including phenoxy) is 2. The number of carbonyl (C=O) groups excluding carboxylic acids is 1. The topological polar surface area (TPSA) is 59.8 Å². The van der Waals surface area contributed by atoms with Crippen LogP contribution in [0.1, 0.15) is 27.2 Å². The molecular formula is C25H30N4O3. The van der Waals surface area contributed by atoms with Gasteiger partial charge in [0, 0.05) is 57.1 Å². The van der Waals surface area contributed by atoms with Crippen LogP contribution >= 0.6 is 0 Å². The van der Waals surface area contributed by atoms with Crippen LogP contribution in [-0.4, -0.2) is 58.8 Å². The smallest absolute Gasteiger partial charge is 0.253 e. The first kappa shape index (κ1) is 21.9. The summed E-state index contributed by atoms with van der Waals surface area (Å²) in [5, 5.41) is 4.42.